The number of Topliss-reactive ketones (excluding diaryl/α,β-unsaturated/α-hetero) is 2. The van der Waals surface area contributed by atoms with Crippen LogP contribution in [0.15, 0.2) is 96.7 Å². The second kappa shape index (κ2) is 26.9. The number of aromatic nitrogens is 3. The molecule has 0 spiro atoms. The molecule has 5 aliphatic rings. The third-order valence-electron chi connectivity index (χ3n) is 13.8. The number of aliphatic hydroxyl groups excluding tert-OH is 3. The van der Waals surface area contributed by atoms with Crippen LogP contribution in [0.2, 0.25) is 0 Å². The lowest BCUT2D eigenvalue weighted by Crippen LogP contribution is -2.49. The molecule has 5 bridgehead atoms. The van der Waals surface area contributed by atoms with Crippen molar-refractivity contribution in [3.63, 3.8) is 0 Å². The van der Waals surface area contributed by atoms with Crippen LogP contribution in [-0.4, -0.2) is 151 Å². The predicted molar refractivity (Wildman–Crippen MR) is 283 cm³/mol. The quantitative estimate of drug-likeness (QED) is 0.0563. The Morgan fingerprint density at radius 1 is 0.910 bits per heavy atom. The number of carbonyl (C=O) groups is 6. The number of phenols is 1. The minimum absolute atomic E-state index is 0.0360. The molecule has 24 heteroatoms. The molecule has 0 saturated carbocycles. The highest BCUT2D eigenvalue weighted by Gasteiger charge is 2.52. The van der Waals surface area contributed by atoms with E-state index in [2.05, 4.69) is 30.6 Å². The van der Waals surface area contributed by atoms with Crippen molar-refractivity contribution in [2.24, 2.45) is 35.2 Å². The molecular formula is C54H70N10O14. The van der Waals surface area contributed by atoms with Gasteiger partial charge < -0.3 is 60.7 Å². The summed E-state index contributed by atoms with van der Waals surface area (Å²) in [4.78, 5) is 89.4. The Balaban J connectivity index is 0.000000491. The number of allylic oxidation sites excluding steroid dienone is 3. The van der Waals surface area contributed by atoms with Gasteiger partial charge in [-0.3, -0.25) is 44.2 Å². The van der Waals surface area contributed by atoms with E-state index in [-0.39, 0.29) is 56.4 Å². The number of hydrazine groups is 2. The summed E-state index contributed by atoms with van der Waals surface area (Å²) >= 11 is 0. The van der Waals surface area contributed by atoms with Crippen molar-refractivity contribution in [3.05, 3.63) is 130 Å². The molecule has 0 unspecified atom stereocenters. The van der Waals surface area contributed by atoms with Gasteiger partial charge in [-0.1, -0.05) is 45.9 Å². The number of esters is 1. The Hall–Kier alpha value is -7.87. The number of methoxy groups -OCH3 is 1. The van der Waals surface area contributed by atoms with E-state index in [1.54, 1.807) is 52.0 Å². The maximum atomic E-state index is 14.7. The first kappa shape index (κ1) is 61.0. The molecule has 0 radical (unpaired) electrons. The second-order valence-corrected chi connectivity index (χ2v) is 19.3. The van der Waals surface area contributed by atoms with Crippen LogP contribution in [0.5, 0.6) is 11.5 Å². The van der Waals surface area contributed by atoms with Gasteiger partial charge in [0, 0.05) is 118 Å². The average Bonchev–Trinajstić information content (AvgIpc) is 3.83. The van der Waals surface area contributed by atoms with Crippen LogP contribution in [0.4, 0.5) is 0 Å². The van der Waals surface area contributed by atoms with Gasteiger partial charge >= 0.3 is 11.8 Å². The van der Waals surface area contributed by atoms with Crippen LogP contribution in [-0.2, 0) is 23.8 Å². The van der Waals surface area contributed by atoms with E-state index < -0.39 is 94.7 Å². The van der Waals surface area contributed by atoms with Crippen molar-refractivity contribution >= 4 is 41.0 Å². The zero-order valence-corrected chi connectivity index (χ0v) is 45.2. The van der Waals surface area contributed by atoms with E-state index in [1.165, 1.54) is 90.4 Å². The zero-order chi connectivity index (χ0) is 57.8. The molecule has 4 aliphatic heterocycles. The Kier molecular flexibility index (Phi) is 21.1. The molecule has 78 heavy (non-hydrogen) atoms. The molecular weight excluding hydrogens is 1010 g/mol. The summed E-state index contributed by atoms with van der Waals surface area (Å²) in [7, 11) is 3.42. The number of likely N-dealkylation sites (N-methyl/N-ethyl adjacent to an activating group) is 1. The molecule has 3 aromatic rings. The summed E-state index contributed by atoms with van der Waals surface area (Å²) in [5.41, 5.74) is 9.49. The molecule has 9 atom stereocenters. The lowest BCUT2D eigenvalue weighted by atomic mass is 9.78. The summed E-state index contributed by atoms with van der Waals surface area (Å²) < 4.78 is 23.6. The number of nitrogens with two attached hydrogens (primary N) is 2. The molecule has 8 rings (SSSR count). The predicted octanol–water partition coefficient (Wildman–Crippen LogP) is 2.69. The number of ether oxygens (including phenoxy) is 4. The number of fused-ring (bicyclic) bond motifs is 14. The molecule has 420 valence electrons. The smallest absolute Gasteiger partial charge is 0.312 e. The first-order chi connectivity index (χ1) is 36.9. The lowest BCUT2D eigenvalue weighted by molar-refractivity contribution is -0.160. The number of benzene rings is 1. The van der Waals surface area contributed by atoms with Gasteiger partial charge in [0.05, 0.1) is 58.7 Å². The Morgan fingerprint density at radius 3 is 2.15 bits per heavy atom. The molecule has 2 aromatic heterocycles. The Bertz CT molecular complexity index is 2850. The van der Waals surface area contributed by atoms with E-state index in [0.29, 0.717) is 18.7 Å². The SMILES string of the molecule is CO[C@H]1/C=C\O[C@@]2(C)Oc3c(C)c(O)c4c(c3C2=O)C(=O)/C(=C/NN2CCN(C)CC2)C(=C4O)NC(=O)/C(C)=C\C=C/[C@H](C)[C@@H](O)[C@H](C)[C@@H](O)[C@H](C)[C@@H](OC(C)=O)[C@H]1C.NC(=O)c1cnccn1.NNC(=O)c1ccncc1. The second-order valence-electron chi connectivity index (χ2n) is 19.3. The molecule has 1 aliphatic carbocycles. The fourth-order valence-electron chi connectivity index (χ4n) is 8.97. The van der Waals surface area contributed by atoms with Crippen molar-refractivity contribution in [2.45, 2.75) is 85.6 Å². The first-order valence-electron chi connectivity index (χ1n) is 24.9. The third kappa shape index (κ3) is 14.2. The minimum atomic E-state index is -2.06. The number of amides is 3. The van der Waals surface area contributed by atoms with E-state index in [4.69, 9.17) is 30.5 Å². The fourth-order valence-corrected chi connectivity index (χ4v) is 8.97. The Labute approximate surface area is 451 Å². The number of hydrogen-bond acceptors (Lipinski definition) is 21. The molecule has 1 aromatic carbocycles. The van der Waals surface area contributed by atoms with Gasteiger partial charge in [-0.15, -0.1) is 0 Å². The number of nitrogens with one attached hydrogen (secondary N) is 3. The van der Waals surface area contributed by atoms with Gasteiger partial charge in [0.25, 0.3) is 23.5 Å². The number of nitrogen functional groups attached to an aromatic ring is 1. The number of carbonyl (C=O) groups excluding carboxylic acids is 6. The summed E-state index contributed by atoms with van der Waals surface area (Å²) in [5.74, 6) is -4.70. The van der Waals surface area contributed by atoms with E-state index in [1.807, 2.05) is 17.5 Å². The number of piperazine rings is 1. The van der Waals surface area contributed by atoms with Gasteiger partial charge in [-0.05, 0) is 39.1 Å². The minimum Gasteiger partial charge on any atom is -0.507 e. The van der Waals surface area contributed by atoms with Crippen LogP contribution in [0.3, 0.4) is 0 Å². The number of pyridine rings is 1. The normalized spacial score (nSPS) is 27.9. The largest absolute Gasteiger partial charge is 0.507 e. The highest BCUT2D eigenvalue weighted by molar-refractivity contribution is 6.25. The van der Waals surface area contributed by atoms with Crippen molar-refractivity contribution in [1.82, 2.24) is 41.0 Å². The summed E-state index contributed by atoms with van der Waals surface area (Å²) in [6.07, 6.45) is 12.1. The Morgan fingerprint density at radius 2 is 1.58 bits per heavy atom. The van der Waals surface area contributed by atoms with Gasteiger partial charge in [0.2, 0.25) is 0 Å². The molecule has 6 heterocycles. The number of rotatable bonds is 6. The summed E-state index contributed by atoms with van der Waals surface area (Å²) in [6.45, 7) is 15.1. The first-order valence-corrected chi connectivity index (χ1v) is 24.9. The van der Waals surface area contributed by atoms with Crippen LogP contribution < -0.4 is 32.5 Å². The number of nitrogens with zero attached hydrogens (tertiary/aromatic N) is 5. The van der Waals surface area contributed by atoms with Crippen LogP contribution in [0.1, 0.15) is 101 Å². The topological polar surface area (TPSA) is 354 Å². The molecule has 24 nitrogen and oxygen atoms in total. The van der Waals surface area contributed by atoms with Crippen molar-refractivity contribution in [2.75, 3.05) is 40.3 Å². The van der Waals surface area contributed by atoms with Crippen molar-refractivity contribution < 1.29 is 68.1 Å². The highest BCUT2D eigenvalue weighted by Crippen LogP contribution is 2.50. The van der Waals surface area contributed by atoms with Crippen LogP contribution in [0, 0.1) is 30.6 Å². The van der Waals surface area contributed by atoms with Gasteiger partial charge in [0.1, 0.15) is 23.3 Å². The number of phenolic OH excluding ortho intramolecular Hbond substituents is 1. The maximum absolute atomic E-state index is 14.7. The molecule has 1 saturated heterocycles. The van der Waals surface area contributed by atoms with Gasteiger partial charge in [-0.2, -0.15) is 0 Å². The van der Waals surface area contributed by atoms with Gasteiger partial charge in [-0.25, -0.2) is 15.8 Å². The van der Waals surface area contributed by atoms with Crippen LogP contribution in [0.25, 0.3) is 5.76 Å². The van der Waals surface area contributed by atoms with Crippen molar-refractivity contribution in [1.29, 1.82) is 0 Å². The zero-order valence-electron chi connectivity index (χ0n) is 45.2. The van der Waals surface area contributed by atoms with E-state index >= 15 is 0 Å². The lowest BCUT2D eigenvalue weighted by Gasteiger charge is -2.38. The standard InChI is InChI=1S/C43H58N4O12.C6H7N3O.C5H5N3O/c1-21-12-11-13-22(2)42(55)45-33-28(20-44-47-17-15-46(9)16-18-47)37(52)30-31(38(33)53)36(51)26(6)40-32(30)41(54)43(8,59-40)57-19-14-29(56-10)23(3)39(58-27(7)48)25(5)35(50)24(4)34(21)49;7-9-6(10)5-1-3-8-4-2-5;6-5(9)4-3-7-1-2-8-4/h11-14,19-21,23-25,29,34-35,39,44,49-51,53H,15-18H2,1-10H3,(H,45,55);1-4H,7H2,(H,9,10);1-3H,(H2,6,9)/b12-11-,19-14-,22-13-,28-20+;;/t21-,23-,24-,25-,29-,34+,35+,39-,43-;;/m0../s1. The monoisotopic (exact) mass is 1080 g/mol. The molecule has 1 fully saturated rings. The summed E-state index contributed by atoms with van der Waals surface area (Å²) in [6, 6.07) is 3.17. The number of aliphatic hydroxyl groups is 3. The number of aromatic hydroxyl groups is 1. The number of ketones is 2. The number of hydrogen-bond donors (Lipinski definition) is 9. The maximum Gasteiger partial charge on any atom is 0.312 e. The van der Waals surface area contributed by atoms with Crippen molar-refractivity contribution in [3.8, 4) is 11.5 Å². The van der Waals surface area contributed by atoms with E-state index in [0.717, 1.165) is 13.1 Å². The third-order valence-corrected chi connectivity index (χ3v) is 13.8. The fraction of sp³-hybridized carbons (Fsp3) is 0.426. The molecule has 11 N–H and O–H groups in total. The molecule has 3 amide bonds. The van der Waals surface area contributed by atoms with E-state index in [9.17, 15) is 49.2 Å². The van der Waals surface area contributed by atoms with Gasteiger partial charge in [0.15, 0.2) is 11.5 Å². The number of primary amides is 1. The summed E-state index contributed by atoms with van der Waals surface area (Å²) in [5, 5.41) is 50.8. The average molecular weight is 1080 g/mol. The van der Waals surface area contributed by atoms with Crippen LogP contribution >= 0.6 is 0 Å². The highest BCUT2D eigenvalue weighted by atomic mass is 16.7.